The van der Waals surface area contributed by atoms with E-state index in [2.05, 4.69) is 10.4 Å². The maximum atomic E-state index is 12.6. The number of carbonyl (C=O) groups excluding carboxylic acids is 2. The van der Waals surface area contributed by atoms with Crippen LogP contribution in [0.1, 0.15) is 36.8 Å². The van der Waals surface area contributed by atoms with Gasteiger partial charge in [-0.1, -0.05) is 0 Å². The van der Waals surface area contributed by atoms with Crippen LogP contribution in [0.3, 0.4) is 0 Å². The molecule has 29 heavy (non-hydrogen) atoms. The number of hydrogen-bond donors (Lipinski definition) is 1. The summed E-state index contributed by atoms with van der Waals surface area (Å²) >= 11 is 0. The summed E-state index contributed by atoms with van der Waals surface area (Å²) < 4.78 is 44.3. The van der Waals surface area contributed by atoms with E-state index in [1.54, 1.807) is 20.8 Å². The summed E-state index contributed by atoms with van der Waals surface area (Å²) in [6.07, 6.45) is -3.73. The van der Waals surface area contributed by atoms with Crippen molar-refractivity contribution in [1.82, 2.24) is 20.0 Å². The van der Waals surface area contributed by atoms with Gasteiger partial charge in [0.15, 0.2) is 5.69 Å². The van der Waals surface area contributed by atoms with Crippen molar-refractivity contribution in [2.75, 3.05) is 13.1 Å². The number of amides is 2. The standard InChI is InChI=1S/C19H21F3N4O3/c1-18(2,3)29-17(28)25-10-13(11-25)23-16(27)12-4-6-14(7-5-12)26-9-8-15(24-26)19(20,21)22/h4-9,13H,10-11H2,1-3H3,(H,23,27). The van der Waals surface area contributed by atoms with Gasteiger partial charge in [0.2, 0.25) is 0 Å². The zero-order chi connectivity index (χ0) is 21.4. The van der Waals surface area contributed by atoms with Crippen molar-refractivity contribution in [2.24, 2.45) is 0 Å². The highest BCUT2D eigenvalue weighted by Crippen LogP contribution is 2.27. The first-order valence-corrected chi connectivity index (χ1v) is 8.94. The molecule has 1 saturated heterocycles. The Morgan fingerprint density at radius 2 is 1.72 bits per heavy atom. The van der Waals surface area contributed by atoms with Gasteiger partial charge in [0.05, 0.1) is 11.7 Å². The molecule has 0 bridgehead atoms. The summed E-state index contributed by atoms with van der Waals surface area (Å²) in [5, 5.41) is 6.29. The second-order valence-corrected chi connectivity index (χ2v) is 7.75. The number of benzene rings is 1. The Hall–Kier alpha value is -3.04. The van der Waals surface area contributed by atoms with E-state index in [1.165, 1.54) is 35.4 Å². The summed E-state index contributed by atoms with van der Waals surface area (Å²) in [5.41, 5.74) is -0.814. The lowest BCUT2D eigenvalue weighted by Crippen LogP contribution is -2.61. The number of likely N-dealkylation sites (tertiary alicyclic amines) is 1. The van der Waals surface area contributed by atoms with Crippen LogP contribution in [0, 0.1) is 0 Å². The lowest BCUT2D eigenvalue weighted by Gasteiger charge is -2.39. The Bertz CT molecular complexity index is 895. The fourth-order valence-electron chi connectivity index (χ4n) is 2.70. The van der Waals surface area contributed by atoms with Gasteiger partial charge in [-0.2, -0.15) is 18.3 Å². The number of ether oxygens (including phenoxy) is 1. The van der Waals surface area contributed by atoms with Crippen molar-refractivity contribution >= 4 is 12.0 Å². The molecular weight excluding hydrogens is 389 g/mol. The predicted molar refractivity (Wildman–Crippen MR) is 97.6 cm³/mol. The van der Waals surface area contributed by atoms with Crippen molar-refractivity contribution in [2.45, 2.75) is 38.6 Å². The molecule has 2 aromatic rings. The molecule has 2 heterocycles. The zero-order valence-corrected chi connectivity index (χ0v) is 16.2. The number of carbonyl (C=O) groups is 2. The van der Waals surface area contributed by atoms with Crippen molar-refractivity contribution in [3.05, 3.63) is 47.8 Å². The number of nitrogens with zero attached hydrogens (tertiary/aromatic N) is 3. The number of alkyl halides is 3. The van der Waals surface area contributed by atoms with Crippen LogP contribution in [0.5, 0.6) is 0 Å². The van der Waals surface area contributed by atoms with Gasteiger partial charge in [-0.05, 0) is 51.1 Å². The Morgan fingerprint density at radius 1 is 1.10 bits per heavy atom. The van der Waals surface area contributed by atoms with Crippen LogP contribution in [-0.4, -0.2) is 51.4 Å². The van der Waals surface area contributed by atoms with Crippen LogP contribution in [0.25, 0.3) is 5.69 Å². The normalized spacial score (nSPS) is 15.0. The summed E-state index contributed by atoms with van der Waals surface area (Å²) in [6, 6.07) is 6.72. The van der Waals surface area contributed by atoms with E-state index in [-0.39, 0.29) is 11.9 Å². The van der Waals surface area contributed by atoms with Crippen molar-refractivity contribution in [3.63, 3.8) is 0 Å². The first-order chi connectivity index (χ1) is 13.4. The quantitative estimate of drug-likeness (QED) is 0.843. The van der Waals surface area contributed by atoms with Gasteiger partial charge in [0.1, 0.15) is 5.60 Å². The molecule has 10 heteroatoms. The van der Waals surface area contributed by atoms with E-state index in [4.69, 9.17) is 4.74 Å². The molecule has 1 aromatic carbocycles. The third kappa shape index (κ3) is 5.07. The molecule has 3 rings (SSSR count). The van der Waals surface area contributed by atoms with Crippen LogP contribution in [0.2, 0.25) is 0 Å². The molecular formula is C19H21F3N4O3. The molecule has 1 aliphatic rings. The SMILES string of the molecule is CC(C)(C)OC(=O)N1CC(NC(=O)c2ccc(-n3ccc(C(F)(F)F)n3)cc2)C1. The lowest BCUT2D eigenvalue weighted by molar-refractivity contribution is -0.141. The molecule has 0 saturated carbocycles. The van der Waals surface area contributed by atoms with Crippen molar-refractivity contribution in [1.29, 1.82) is 0 Å². The molecule has 2 amide bonds. The zero-order valence-electron chi connectivity index (χ0n) is 16.2. The van der Waals surface area contributed by atoms with Crippen LogP contribution < -0.4 is 5.32 Å². The molecule has 0 aliphatic carbocycles. The minimum atomic E-state index is -4.51. The van der Waals surface area contributed by atoms with Gasteiger partial charge in [0.25, 0.3) is 5.91 Å². The van der Waals surface area contributed by atoms with Crippen LogP contribution in [-0.2, 0) is 10.9 Å². The predicted octanol–water partition coefficient (Wildman–Crippen LogP) is 3.24. The molecule has 0 atom stereocenters. The number of hydrogen-bond acceptors (Lipinski definition) is 4. The van der Waals surface area contributed by atoms with Crippen LogP contribution in [0.4, 0.5) is 18.0 Å². The van der Waals surface area contributed by atoms with Gasteiger partial charge < -0.3 is 15.0 Å². The van der Waals surface area contributed by atoms with E-state index >= 15 is 0 Å². The van der Waals surface area contributed by atoms with Gasteiger partial charge in [0, 0.05) is 24.8 Å². The topological polar surface area (TPSA) is 76.5 Å². The maximum Gasteiger partial charge on any atom is 0.435 e. The molecule has 156 valence electrons. The van der Waals surface area contributed by atoms with E-state index in [0.717, 1.165) is 10.7 Å². The third-order valence-corrected chi connectivity index (χ3v) is 4.14. The lowest BCUT2D eigenvalue weighted by atomic mass is 10.1. The Kier molecular flexibility index (Phi) is 5.29. The first kappa shape index (κ1) is 20.7. The average Bonchev–Trinajstić information content (AvgIpc) is 3.06. The van der Waals surface area contributed by atoms with Gasteiger partial charge in [-0.3, -0.25) is 4.79 Å². The van der Waals surface area contributed by atoms with Crippen LogP contribution in [0.15, 0.2) is 36.5 Å². The molecule has 0 spiro atoms. The Balaban J connectivity index is 1.54. The molecule has 1 N–H and O–H groups in total. The fraction of sp³-hybridized carbons (Fsp3) is 0.421. The monoisotopic (exact) mass is 410 g/mol. The molecule has 1 aliphatic heterocycles. The largest absolute Gasteiger partial charge is 0.444 e. The van der Waals surface area contributed by atoms with Gasteiger partial charge in [-0.25, -0.2) is 9.48 Å². The van der Waals surface area contributed by atoms with E-state index in [1.807, 2.05) is 0 Å². The number of halogens is 3. The highest BCUT2D eigenvalue weighted by atomic mass is 19.4. The van der Waals surface area contributed by atoms with Crippen molar-refractivity contribution < 1.29 is 27.5 Å². The third-order valence-electron chi connectivity index (χ3n) is 4.14. The summed E-state index contributed by atoms with van der Waals surface area (Å²) in [7, 11) is 0. The molecule has 0 unspecified atom stereocenters. The van der Waals surface area contributed by atoms with Crippen LogP contribution >= 0.6 is 0 Å². The minimum absolute atomic E-state index is 0.185. The second-order valence-electron chi connectivity index (χ2n) is 7.75. The average molecular weight is 410 g/mol. The smallest absolute Gasteiger partial charge is 0.435 e. The fourth-order valence-corrected chi connectivity index (χ4v) is 2.70. The summed E-state index contributed by atoms with van der Waals surface area (Å²) in [6.45, 7) is 6.04. The molecule has 1 fully saturated rings. The number of rotatable bonds is 3. The first-order valence-electron chi connectivity index (χ1n) is 8.94. The molecule has 1 aromatic heterocycles. The number of aromatic nitrogens is 2. The summed E-state index contributed by atoms with van der Waals surface area (Å²) in [4.78, 5) is 25.7. The number of nitrogens with one attached hydrogen (secondary N) is 1. The molecule has 7 nitrogen and oxygen atoms in total. The Labute approximate surface area is 165 Å². The van der Waals surface area contributed by atoms with Gasteiger partial charge >= 0.3 is 12.3 Å². The second kappa shape index (κ2) is 7.41. The highest BCUT2D eigenvalue weighted by Gasteiger charge is 2.35. The molecule has 0 radical (unpaired) electrons. The van der Waals surface area contributed by atoms with E-state index in [0.29, 0.717) is 24.3 Å². The highest BCUT2D eigenvalue weighted by molar-refractivity contribution is 5.94. The van der Waals surface area contributed by atoms with Crippen molar-refractivity contribution in [3.8, 4) is 5.69 Å². The maximum absolute atomic E-state index is 12.6. The van der Waals surface area contributed by atoms with Gasteiger partial charge in [-0.15, -0.1) is 0 Å². The van der Waals surface area contributed by atoms with E-state index < -0.39 is 23.6 Å². The Morgan fingerprint density at radius 3 is 2.24 bits per heavy atom. The summed E-state index contributed by atoms with van der Waals surface area (Å²) in [5.74, 6) is -0.332. The minimum Gasteiger partial charge on any atom is -0.444 e. The van der Waals surface area contributed by atoms with E-state index in [9.17, 15) is 22.8 Å².